The fourth-order valence-corrected chi connectivity index (χ4v) is 3.25. The van der Waals surface area contributed by atoms with E-state index in [1.54, 1.807) is 11.3 Å². The van der Waals surface area contributed by atoms with E-state index in [0.29, 0.717) is 12.5 Å². The first-order valence-corrected chi connectivity index (χ1v) is 7.30. The Morgan fingerprint density at radius 2 is 2.18 bits per heavy atom. The Morgan fingerprint density at radius 3 is 2.88 bits per heavy atom. The minimum absolute atomic E-state index is 0.437. The highest BCUT2D eigenvalue weighted by Gasteiger charge is 2.11. The summed E-state index contributed by atoms with van der Waals surface area (Å²) in [4.78, 5) is 4.69. The minimum Gasteiger partial charge on any atom is -0.330 e. The number of hydrogen-bond acceptors (Lipinski definition) is 3. The number of hydrogen-bond donors (Lipinski definition) is 1. The molecule has 1 atom stereocenters. The predicted molar refractivity (Wildman–Crippen MR) is 77.3 cm³/mol. The van der Waals surface area contributed by atoms with Crippen molar-refractivity contribution < 1.29 is 0 Å². The van der Waals surface area contributed by atoms with Crippen LogP contribution in [0.4, 0.5) is 0 Å². The molecule has 1 heterocycles. The topological polar surface area (TPSA) is 38.9 Å². The molecule has 1 aromatic carbocycles. The highest BCUT2D eigenvalue weighted by atomic mass is 79.9. The summed E-state index contributed by atoms with van der Waals surface area (Å²) in [7, 11) is 0. The van der Waals surface area contributed by atoms with Crippen molar-refractivity contribution in [2.75, 3.05) is 6.54 Å². The molecule has 0 aliphatic carbocycles. The third-order valence-corrected chi connectivity index (χ3v) is 4.32. The standard InChI is InChI=1S/C13H15BrN2S/c1-9(6-7-15)12-8-17-13(16-12)10-4-2-3-5-11(10)14/h2-5,8-9H,6-7,15H2,1H3. The van der Waals surface area contributed by atoms with Crippen molar-refractivity contribution >= 4 is 27.3 Å². The number of nitrogens with zero attached hydrogens (tertiary/aromatic N) is 1. The predicted octanol–water partition coefficient (Wildman–Crippen LogP) is 4.02. The Hall–Kier alpha value is -0.710. The maximum Gasteiger partial charge on any atom is 0.124 e. The number of halogens is 1. The highest BCUT2D eigenvalue weighted by molar-refractivity contribution is 9.10. The van der Waals surface area contributed by atoms with Crippen molar-refractivity contribution in [3.63, 3.8) is 0 Å². The summed E-state index contributed by atoms with van der Waals surface area (Å²) < 4.78 is 1.09. The van der Waals surface area contributed by atoms with Crippen LogP contribution < -0.4 is 5.73 Å². The highest BCUT2D eigenvalue weighted by Crippen LogP contribution is 2.32. The van der Waals surface area contributed by atoms with Gasteiger partial charge in [0.25, 0.3) is 0 Å². The molecule has 2 N–H and O–H groups in total. The first-order chi connectivity index (χ1) is 8.22. The summed E-state index contributed by atoms with van der Waals surface area (Å²) in [5.74, 6) is 0.437. The molecule has 0 spiro atoms. The van der Waals surface area contributed by atoms with Crippen LogP contribution in [-0.4, -0.2) is 11.5 Å². The molecule has 1 aromatic heterocycles. The van der Waals surface area contributed by atoms with Crippen molar-refractivity contribution in [2.24, 2.45) is 5.73 Å². The first-order valence-electron chi connectivity index (χ1n) is 5.62. The summed E-state index contributed by atoms with van der Waals surface area (Å²) in [5.41, 5.74) is 7.88. The second-order valence-electron chi connectivity index (χ2n) is 4.04. The Labute approximate surface area is 114 Å². The van der Waals surface area contributed by atoms with Gasteiger partial charge in [0.15, 0.2) is 0 Å². The molecule has 0 saturated heterocycles. The number of benzene rings is 1. The molecule has 17 heavy (non-hydrogen) atoms. The molecule has 1 unspecified atom stereocenters. The molecule has 0 amide bonds. The van der Waals surface area contributed by atoms with Crippen LogP contribution in [0, 0.1) is 0 Å². The molecule has 0 fully saturated rings. The van der Waals surface area contributed by atoms with Crippen LogP contribution in [0.1, 0.15) is 25.0 Å². The zero-order valence-electron chi connectivity index (χ0n) is 9.69. The van der Waals surface area contributed by atoms with Crippen LogP contribution in [-0.2, 0) is 0 Å². The van der Waals surface area contributed by atoms with Gasteiger partial charge in [-0.1, -0.05) is 41.1 Å². The van der Waals surface area contributed by atoms with E-state index < -0.39 is 0 Å². The van der Waals surface area contributed by atoms with Gasteiger partial charge in [0.2, 0.25) is 0 Å². The molecule has 0 bridgehead atoms. The Bertz CT molecular complexity index is 496. The van der Waals surface area contributed by atoms with Crippen LogP contribution >= 0.6 is 27.3 Å². The van der Waals surface area contributed by atoms with Gasteiger partial charge in [-0.05, 0) is 19.0 Å². The van der Waals surface area contributed by atoms with E-state index in [4.69, 9.17) is 10.7 Å². The zero-order valence-corrected chi connectivity index (χ0v) is 12.1. The SMILES string of the molecule is CC(CCN)c1csc(-c2ccccc2Br)n1. The third kappa shape index (κ3) is 2.94. The summed E-state index contributed by atoms with van der Waals surface area (Å²) in [6.07, 6.45) is 0.985. The summed E-state index contributed by atoms with van der Waals surface area (Å²) in [6, 6.07) is 8.17. The largest absolute Gasteiger partial charge is 0.330 e. The molecule has 0 saturated carbocycles. The lowest BCUT2D eigenvalue weighted by molar-refractivity contribution is 0.675. The van der Waals surface area contributed by atoms with E-state index in [2.05, 4.69) is 34.3 Å². The molecule has 0 radical (unpaired) electrons. The molecule has 2 aromatic rings. The summed E-state index contributed by atoms with van der Waals surface area (Å²) in [6.45, 7) is 2.88. The van der Waals surface area contributed by atoms with Gasteiger partial charge < -0.3 is 5.73 Å². The van der Waals surface area contributed by atoms with Crippen LogP contribution in [0.5, 0.6) is 0 Å². The van der Waals surface area contributed by atoms with E-state index in [-0.39, 0.29) is 0 Å². The molecular formula is C13H15BrN2S. The van der Waals surface area contributed by atoms with Crippen molar-refractivity contribution in [1.29, 1.82) is 0 Å². The lowest BCUT2D eigenvalue weighted by atomic mass is 10.1. The van der Waals surface area contributed by atoms with Crippen LogP contribution in [0.15, 0.2) is 34.1 Å². The van der Waals surface area contributed by atoms with Gasteiger partial charge in [0, 0.05) is 21.3 Å². The van der Waals surface area contributed by atoms with Gasteiger partial charge in [0.05, 0.1) is 5.69 Å². The molecular weight excluding hydrogens is 296 g/mol. The third-order valence-electron chi connectivity index (χ3n) is 2.73. The van der Waals surface area contributed by atoms with Gasteiger partial charge in [-0.15, -0.1) is 11.3 Å². The summed E-state index contributed by atoms with van der Waals surface area (Å²) >= 11 is 5.25. The van der Waals surface area contributed by atoms with Gasteiger partial charge >= 0.3 is 0 Å². The number of rotatable bonds is 4. The fraction of sp³-hybridized carbons (Fsp3) is 0.308. The normalized spacial score (nSPS) is 12.6. The van der Waals surface area contributed by atoms with Crippen molar-refractivity contribution in [3.05, 3.63) is 39.8 Å². The first kappa shape index (κ1) is 12.7. The van der Waals surface area contributed by atoms with Gasteiger partial charge in [0.1, 0.15) is 5.01 Å². The van der Waals surface area contributed by atoms with E-state index in [1.165, 1.54) is 0 Å². The number of thiazole rings is 1. The molecule has 0 aliphatic heterocycles. The minimum atomic E-state index is 0.437. The van der Waals surface area contributed by atoms with Gasteiger partial charge in [-0.3, -0.25) is 0 Å². The molecule has 2 nitrogen and oxygen atoms in total. The van der Waals surface area contributed by atoms with Crippen LogP contribution in [0.25, 0.3) is 10.6 Å². The Kier molecular flexibility index (Phi) is 4.31. The average molecular weight is 311 g/mol. The molecule has 90 valence electrons. The lowest BCUT2D eigenvalue weighted by Gasteiger charge is -2.05. The van der Waals surface area contributed by atoms with Crippen molar-refractivity contribution in [1.82, 2.24) is 4.98 Å². The zero-order chi connectivity index (χ0) is 12.3. The Balaban J connectivity index is 2.27. The molecule has 2 rings (SSSR count). The monoisotopic (exact) mass is 310 g/mol. The quantitative estimate of drug-likeness (QED) is 0.926. The van der Waals surface area contributed by atoms with E-state index in [1.807, 2.05) is 18.2 Å². The molecule has 0 aliphatic rings. The van der Waals surface area contributed by atoms with Crippen molar-refractivity contribution in [2.45, 2.75) is 19.3 Å². The second-order valence-corrected chi connectivity index (χ2v) is 5.75. The second kappa shape index (κ2) is 5.76. The van der Waals surface area contributed by atoms with Gasteiger partial charge in [-0.2, -0.15) is 0 Å². The lowest BCUT2D eigenvalue weighted by Crippen LogP contribution is -2.04. The van der Waals surface area contributed by atoms with Crippen LogP contribution in [0.3, 0.4) is 0 Å². The van der Waals surface area contributed by atoms with E-state index >= 15 is 0 Å². The van der Waals surface area contributed by atoms with E-state index in [9.17, 15) is 0 Å². The summed E-state index contributed by atoms with van der Waals surface area (Å²) in [5, 5.41) is 3.20. The van der Waals surface area contributed by atoms with Crippen molar-refractivity contribution in [3.8, 4) is 10.6 Å². The smallest absolute Gasteiger partial charge is 0.124 e. The molecule has 4 heteroatoms. The van der Waals surface area contributed by atoms with E-state index in [0.717, 1.165) is 27.2 Å². The Morgan fingerprint density at radius 1 is 1.41 bits per heavy atom. The van der Waals surface area contributed by atoms with Crippen LogP contribution in [0.2, 0.25) is 0 Å². The van der Waals surface area contributed by atoms with Gasteiger partial charge in [-0.25, -0.2) is 4.98 Å². The number of nitrogens with two attached hydrogens (primary N) is 1. The maximum atomic E-state index is 5.58. The number of aromatic nitrogens is 1. The maximum absolute atomic E-state index is 5.58. The average Bonchev–Trinajstić information content (AvgIpc) is 2.79. The fourth-order valence-electron chi connectivity index (χ4n) is 1.67.